The second kappa shape index (κ2) is 7.40. The summed E-state index contributed by atoms with van der Waals surface area (Å²) in [6.07, 6.45) is 7.81. The van der Waals surface area contributed by atoms with E-state index in [4.69, 9.17) is 9.47 Å². The van der Waals surface area contributed by atoms with Crippen LogP contribution in [0.15, 0.2) is 24.4 Å². The molecule has 0 saturated heterocycles. The Morgan fingerprint density at radius 2 is 2.00 bits per heavy atom. The Labute approximate surface area is 153 Å². The molecule has 26 heavy (non-hydrogen) atoms. The van der Waals surface area contributed by atoms with Crippen molar-refractivity contribution in [1.82, 2.24) is 15.1 Å². The molecular weight excluding hydrogens is 330 g/mol. The van der Waals surface area contributed by atoms with E-state index in [9.17, 15) is 4.79 Å². The minimum atomic E-state index is -0.105. The van der Waals surface area contributed by atoms with Gasteiger partial charge in [0.1, 0.15) is 19.8 Å². The monoisotopic (exact) mass is 355 g/mol. The van der Waals surface area contributed by atoms with Crippen LogP contribution in [0.1, 0.15) is 49.0 Å². The second-order valence-corrected chi connectivity index (χ2v) is 7.05. The molecule has 0 bridgehead atoms. The number of amides is 1. The fraction of sp³-hybridized carbons (Fsp3) is 0.500. The lowest BCUT2D eigenvalue weighted by molar-refractivity contribution is -0.122. The summed E-state index contributed by atoms with van der Waals surface area (Å²) in [5, 5.41) is 7.66. The third kappa shape index (κ3) is 3.69. The van der Waals surface area contributed by atoms with Crippen LogP contribution in [-0.2, 0) is 24.2 Å². The molecule has 138 valence electrons. The quantitative estimate of drug-likeness (QED) is 0.857. The van der Waals surface area contributed by atoms with Crippen LogP contribution in [0.25, 0.3) is 0 Å². The van der Waals surface area contributed by atoms with Crippen LogP contribution >= 0.6 is 0 Å². The van der Waals surface area contributed by atoms with Crippen molar-refractivity contribution in [3.8, 4) is 11.5 Å². The number of hydrogen-bond acceptors (Lipinski definition) is 4. The Balaban J connectivity index is 1.38. The highest BCUT2D eigenvalue weighted by Crippen LogP contribution is 2.32. The first-order valence-corrected chi connectivity index (χ1v) is 9.43. The number of aromatic nitrogens is 2. The molecule has 1 aliphatic heterocycles. The van der Waals surface area contributed by atoms with Gasteiger partial charge in [-0.15, -0.1) is 0 Å². The third-order valence-electron chi connectivity index (χ3n) is 5.03. The van der Waals surface area contributed by atoms with E-state index in [1.54, 1.807) is 4.68 Å². The summed E-state index contributed by atoms with van der Waals surface area (Å²) in [5.74, 6) is 1.47. The molecule has 0 radical (unpaired) electrons. The summed E-state index contributed by atoms with van der Waals surface area (Å²) in [6.45, 7) is 3.36. The zero-order valence-corrected chi connectivity index (χ0v) is 15.2. The molecule has 1 aromatic carbocycles. The van der Waals surface area contributed by atoms with Crippen molar-refractivity contribution >= 4 is 5.91 Å². The molecule has 1 N–H and O–H groups in total. The highest BCUT2D eigenvalue weighted by atomic mass is 16.6. The number of nitrogens with zero attached hydrogens (tertiary/aromatic N) is 2. The van der Waals surface area contributed by atoms with Crippen molar-refractivity contribution in [2.24, 2.45) is 0 Å². The smallest absolute Gasteiger partial charge is 0.242 e. The van der Waals surface area contributed by atoms with Gasteiger partial charge in [0, 0.05) is 6.20 Å². The number of ether oxygens (including phenoxy) is 2. The number of fused-ring (bicyclic) bond motifs is 2. The van der Waals surface area contributed by atoms with E-state index in [0.29, 0.717) is 13.2 Å². The van der Waals surface area contributed by atoms with E-state index in [2.05, 4.69) is 10.4 Å². The van der Waals surface area contributed by atoms with Gasteiger partial charge >= 0.3 is 0 Å². The maximum Gasteiger partial charge on any atom is 0.242 e. The molecule has 6 nitrogen and oxygen atoms in total. The lowest BCUT2D eigenvalue weighted by atomic mass is 10.1. The molecule has 6 heteroatoms. The molecule has 4 rings (SSSR count). The van der Waals surface area contributed by atoms with Crippen molar-refractivity contribution in [2.75, 3.05) is 13.2 Å². The van der Waals surface area contributed by atoms with Crippen LogP contribution in [0.4, 0.5) is 0 Å². The maximum absolute atomic E-state index is 12.4. The number of nitrogens with one attached hydrogen (secondary N) is 1. The Kier molecular flexibility index (Phi) is 4.82. The van der Waals surface area contributed by atoms with Gasteiger partial charge in [-0.25, -0.2) is 0 Å². The third-order valence-corrected chi connectivity index (χ3v) is 5.03. The van der Waals surface area contributed by atoms with Gasteiger partial charge in [0.25, 0.3) is 0 Å². The lowest BCUT2D eigenvalue weighted by Gasteiger charge is -2.21. The Morgan fingerprint density at radius 1 is 1.19 bits per heavy atom. The molecule has 0 fully saturated rings. The summed E-state index contributed by atoms with van der Waals surface area (Å²) >= 11 is 0. The van der Waals surface area contributed by atoms with Gasteiger partial charge in [-0.3, -0.25) is 9.48 Å². The van der Waals surface area contributed by atoms with Crippen LogP contribution in [0, 0.1) is 0 Å². The molecule has 2 heterocycles. The molecular formula is C20H25N3O3. The Bertz CT molecular complexity index is 776. The van der Waals surface area contributed by atoms with Gasteiger partial charge in [0.15, 0.2) is 11.5 Å². The second-order valence-electron chi connectivity index (χ2n) is 7.05. The van der Waals surface area contributed by atoms with Gasteiger partial charge in [0.2, 0.25) is 5.91 Å². The highest BCUT2D eigenvalue weighted by molar-refractivity contribution is 5.76. The van der Waals surface area contributed by atoms with Gasteiger partial charge in [-0.2, -0.15) is 5.10 Å². The summed E-state index contributed by atoms with van der Waals surface area (Å²) in [7, 11) is 0. The molecule has 1 aromatic heterocycles. The topological polar surface area (TPSA) is 65.4 Å². The minimum Gasteiger partial charge on any atom is -0.486 e. The summed E-state index contributed by atoms with van der Waals surface area (Å²) in [6, 6.07) is 5.70. The van der Waals surface area contributed by atoms with Gasteiger partial charge in [0.05, 0.1) is 11.7 Å². The summed E-state index contributed by atoms with van der Waals surface area (Å²) < 4.78 is 12.9. The number of benzene rings is 1. The van der Waals surface area contributed by atoms with E-state index in [-0.39, 0.29) is 18.5 Å². The standard InChI is InChI=1S/C20H25N3O3/c1-14(15-7-8-18-19(11-15)26-10-9-25-18)21-20(24)13-23-12-16-5-3-2-4-6-17(16)22-23/h7-8,11-12,14H,2-6,9-10,13H2,1H3,(H,21,24). The van der Waals surface area contributed by atoms with Gasteiger partial charge in [-0.05, 0) is 55.9 Å². The van der Waals surface area contributed by atoms with Crippen LogP contribution < -0.4 is 14.8 Å². The summed E-state index contributed by atoms with van der Waals surface area (Å²) in [5.41, 5.74) is 3.46. The fourth-order valence-corrected chi connectivity index (χ4v) is 3.63. The molecule has 1 amide bonds. The first-order chi connectivity index (χ1) is 12.7. The predicted molar refractivity (Wildman–Crippen MR) is 97.5 cm³/mol. The average molecular weight is 355 g/mol. The molecule has 2 aliphatic rings. The highest BCUT2D eigenvalue weighted by Gasteiger charge is 2.17. The molecule has 0 spiro atoms. The number of carbonyl (C=O) groups excluding carboxylic acids is 1. The van der Waals surface area contributed by atoms with Crippen molar-refractivity contribution < 1.29 is 14.3 Å². The van der Waals surface area contributed by atoms with Crippen LogP contribution in [0.2, 0.25) is 0 Å². The lowest BCUT2D eigenvalue weighted by Crippen LogP contribution is -2.30. The first-order valence-electron chi connectivity index (χ1n) is 9.43. The fourth-order valence-electron chi connectivity index (χ4n) is 3.63. The van der Waals surface area contributed by atoms with Crippen molar-refractivity contribution in [3.05, 3.63) is 41.2 Å². The van der Waals surface area contributed by atoms with Gasteiger partial charge < -0.3 is 14.8 Å². The maximum atomic E-state index is 12.4. The molecule has 1 atom stereocenters. The Hall–Kier alpha value is -2.50. The van der Waals surface area contributed by atoms with E-state index >= 15 is 0 Å². The zero-order valence-electron chi connectivity index (χ0n) is 15.2. The first kappa shape index (κ1) is 16.9. The molecule has 1 unspecified atom stereocenters. The molecule has 0 saturated carbocycles. The van der Waals surface area contributed by atoms with E-state index in [1.165, 1.54) is 24.8 Å². The van der Waals surface area contributed by atoms with Crippen LogP contribution in [0.5, 0.6) is 11.5 Å². The van der Waals surface area contributed by atoms with Crippen molar-refractivity contribution in [1.29, 1.82) is 0 Å². The predicted octanol–water partition coefficient (Wildman–Crippen LogP) is 2.80. The van der Waals surface area contributed by atoms with E-state index in [0.717, 1.165) is 35.6 Å². The number of rotatable bonds is 4. The largest absolute Gasteiger partial charge is 0.486 e. The van der Waals surface area contributed by atoms with Crippen molar-refractivity contribution in [2.45, 2.75) is 51.6 Å². The normalized spacial score (nSPS) is 17.1. The van der Waals surface area contributed by atoms with Gasteiger partial charge in [-0.1, -0.05) is 12.5 Å². The van der Waals surface area contributed by atoms with Crippen LogP contribution in [-0.4, -0.2) is 28.9 Å². The average Bonchev–Trinajstić information content (AvgIpc) is 2.89. The SMILES string of the molecule is CC(NC(=O)Cn1cc2c(n1)CCCCC2)c1ccc2c(c1)OCCO2. The van der Waals surface area contributed by atoms with Crippen molar-refractivity contribution in [3.63, 3.8) is 0 Å². The number of aryl methyl sites for hydroxylation is 2. The minimum absolute atomic E-state index is 0.0370. The number of carbonyl (C=O) groups is 1. The van der Waals surface area contributed by atoms with E-state index in [1.807, 2.05) is 31.3 Å². The number of hydrogen-bond donors (Lipinski definition) is 1. The Morgan fingerprint density at radius 3 is 2.88 bits per heavy atom. The van der Waals surface area contributed by atoms with E-state index < -0.39 is 0 Å². The molecule has 2 aromatic rings. The molecule has 1 aliphatic carbocycles. The van der Waals surface area contributed by atoms with Crippen LogP contribution in [0.3, 0.4) is 0 Å². The zero-order chi connectivity index (χ0) is 17.9. The summed E-state index contributed by atoms with van der Waals surface area (Å²) in [4.78, 5) is 12.4.